The Hall–Kier alpha value is -2.13. The molecule has 0 amide bonds. The predicted molar refractivity (Wildman–Crippen MR) is 76.6 cm³/mol. The van der Waals surface area contributed by atoms with E-state index in [2.05, 4.69) is 16.4 Å². The smallest absolute Gasteiger partial charge is 0.305 e. The molecule has 0 saturated carbocycles. The molecule has 0 spiro atoms. The van der Waals surface area contributed by atoms with Crippen LogP contribution >= 0.6 is 0 Å². The molecular formula is C15H19N3O3. The van der Waals surface area contributed by atoms with Gasteiger partial charge < -0.3 is 14.8 Å². The molecule has 2 rings (SSSR count). The first-order valence-electron chi connectivity index (χ1n) is 7.16. The first-order valence-corrected chi connectivity index (χ1v) is 7.16. The van der Waals surface area contributed by atoms with E-state index < -0.39 is 0 Å². The molecule has 0 aromatic carbocycles. The van der Waals surface area contributed by atoms with Crippen molar-refractivity contribution >= 4 is 11.8 Å². The van der Waals surface area contributed by atoms with Crippen LogP contribution in [-0.4, -0.2) is 36.8 Å². The molecule has 1 aromatic heterocycles. The van der Waals surface area contributed by atoms with Crippen LogP contribution in [0.3, 0.4) is 0 Å². The summed E-state index contributed by atoms with van der Waals surface area (Å²) in [5, 5.41) is 11.9. The predicted octanol–water partition coefficient (Wildman–Crippen LogP) is 1.87. The quantitative estimate of drug-likeness (QED) is 0.609. The molecule has 1 N–H and O–H groups in total. The third-order valence-corrected chi connectivity index (χ3v) is 3.28. The van der Waals surface area contributed by atoms with Crippen LogP contribution in [0.15, 0.2) is 18.3 Å². The summed E-state index contributed by atoms with van der Waals surface area (Å²) in [5.74, 6) is 0.296. The summed E-state index contributed by atoms with van der Waals surface area (Å²) >= 11 is 0. The van der Waals surface area contributed by atoms with E-state index in [-0.39, 0.29) is 18.7 Å². The lowest BCUT2D eigenvalue weighted by atomic mass is 10.1. The Kier molecular flexibility index (Phi) is 5.98. The van der Waals surface area contributed by atoms with Gasteiger partial charge in [0.2, 0.25) is 0 Å². The van der Waals surface area contributed by atoms with Crippen LogP contribution < -0.4 is 5.32 Å². The van der Waals surface area contributed by atoms with Gasteiger partial charge in [0, 0.05) is 19.2 Å². The van der Waals surface area contributed by atoms with Crippen molar-refractivity contribution in [3.8, 4) is 6.07 Å². The van der Waals surface area contributed by atoms with Gasteiger partial charge >= 0.3 is 5.97 Å². The van der Waals surface area contributed by atoms with E-state index in [0.29, 0.717) is 24.3 Å². The van der Waals surface area contributed by atoms with Crippen LogP contribution in [-0.2, 0) is 14.3 Å². The molecule has 112 valence electrons. The number of carbonyl (C=O) groups is 1. The van der Waals surface area contributed by atoms with Crippen molar-refractivity contribution in [2.24, 2.45) is 0 Å². The molecule has 1 saturated heterocycles. The molecule has 2 heterocycles. The maximum Gasteiger partial charge on any atom is 0.305 e. The first kappa shape index (κ1) is 15.3. The van der Waals surface area contributed by atoms with E-state index in [1.54, 1.807) is 18.3 Å². The summed E-state index contributed by atoms with van der Waals surface area (Å²) in [7, 11) is 0. The van der Waals surface area contributed by atoms with E-state index in [4.69, 9.17) is 14.7 Å². The highest BCUT2D eigenvalue weighted by Gasteiger charge is 2.17. The zero-order valence-corrected chi connectivity index (χ0v) is 11.9. The highest BCUT2D eigenvalue weighted by atomic mass is 16.5. The molecule has 1 aliphatic heterocycles. The number of nitriles is 1. The Morgan fingerprint density at radius 2 is 2.52 bits per heavy atom. The molecule has 1 unspecified atom stereocenters. The van der Waals surface area contributed by atoms with Gasteiger partial charge in [0.25, 0.3) is 0 Å². The molecule has 21 heavy (non-hydrogen) atoms. The highest BCUT2D eigenvalue weighted by molar-refractivity contribution is 5.69. The maximum absolute atomic E-state index is 11.6. The fourth-order valence-electron chi connectivity index (χ4n) is 2.19. The summed E-state index contributed by atoms with van der Waals surface area (Å²) in [6.45, 7) is 1.48. The summed E-state index contributed by atoms with van der Waals surface area (Å²) < 4.78 is 10.6. The molecule has 1 atom stereocenters. The van der Waals surface area contributed by atoms with Crippen molar-refractivity contribution in [2.75, 3.05) is 25.1 Å². The molecule has 0 bridgehead atoms. The summed E-state index contributed by atoms with van der Waals surface area (Å²) in [6.07, 6.45) is 5.04. The fraction of sp³-hybridized carbons (Fsp3) is 0.533. The van der Waals surface area contributed by atoms with Gasteiger partial charge in [-0.15, -0.1) is 0 Å². The lowest BCUT2D eigenvalue weighted by molar-refractivity contribution is -0.143. The van der Waals surface area contributed by atoms with Crippen molar-refractivity contribution in [1.29, 1.82) is 5.26 Å². The zero-order valence-electron chi connectivity index (χ0n) is 11.9. The van der Waals surface area contributed by atoms with Crippen molar-refractivity contribution in [3.05, 3.63) is 23.9 Å². The molecule has 1 aliphatic rings. The number of aromatic nitrogens is 1. The third-order valence-electron chi connectivity index (χ3n) is 3.28. The van der Waals surface area contributed by atoms with Crippen LogP contribution in [0.2, 0.25) is 0 Å². The normalized spacial score (nSPS) is 17.2. The van der Waals surface area contributed by atoms with Crippen molar-refractivity contribution in [1.82, 2.24) is 4.98 Å². The van der Waals surface area contributed by atoms with E-state index in [0.717, 1.165) is 25.9 Å². The third kappa shape index (κ3) is 5.04. The van der Waals surface area contributed by atoms with Crippen molar-refractivity contribution < 1.29 is 14.3 Å². The van der Waals surface area contributed by atoms with Gasteiger partial charge in [-0.25, -0.2) is 4.98 Å². The van der Waals surface area contributed by atoms with Gasteiger partial charge in [0.15, 0.2) is 0 Å². The Morgan fingerprint density at radius 3 is 3.29 bits per heavy atom. The molecule has 0 radical (unpaired) electrons. The molecular weight excluding hydrogens is 270 g/mol. The standard InChI is InChI=1S/C15H19N3O3/c16-11-12-3-1-7-17-15(12)18-8-10-21-14(19)6-5-13-4-2-9-20-13/h1,3,7,13H,2,4-6,8-10H2,(H,17,18). The second-order valence-electron chi connectivity index (χ2n) is 4.83. The lowest BCUT2D eigenvalue weighted by Crippen LogP contribution is -2.16. The highest BCUT2D eigenvalue weighted by Crippen LogP contribution is 2.16. The molecule has 6 heteroatoms. The van der Waals surface area contributed by atoms with Gasteiger partial charge in [-0.3, -0.25) is 4.79 Å². The summed E-state index contributed by atoms with van der Waals surface area (Å²) in [4.78, 5) is 15.6. The van der Waals surface area contributed by atoms with Gasteiger partial charge in [-0.05, 0) is 31.4 Å². The Balaban J connectivity index is 1.60. The number of nitrogens with one attached hydrogen (secondary N) is 1. The Labute approximate surface area is 124 Å². The van der Waals surface area contributed by atoms with Gasteiger partial charge in [-0.1, -0.05) is 0 Å². The van der Waals surface area contributed by atoms with Crippen LogP contribution in [0.25, 0.3) is 0 Å². The average Bonchev–Trinajstić information content (AvgIpc) is 3.03. The van der Waals surface area contributed by atoms with Crippen molar-refractivity contribution in [2.45, 2.75) is 31.8 Å². The van der Waals surface area contributed by atoms with Crippen LogP contribution in [0, 0.1) is 11.3 Å². The number of nitrogens with zero attached hydrogens (tertiary/aromatic N) is 2. The van der Waals surface area contributed by atoms with E-state index in [1.807, 2.05) is 0 Å². The van der Waals surface area contributed by atoms with Crippen LogP contribution in [0.4, 0.5) is 5.82 Å². The van der Waals surface area contributed by atoms with Gasteiger partial charge in [0.05, 0.1) is 18.2 Å². The van der Waals surface area contributed by atoms with E-state index in [1.165, 1.54) is 0 Å². The van der Waals surface area contributed by atoms with Crippen LogP contribution in [0.1, 0.15) is 31.2 Å². The second kappa shape index (κ2) is 8.22. The zero-order chi connectivity index (χ0) is 14.9. The summed E-state index contributed by atoms with van der Waals surface area (Å²) in [5.41, 5.74) is 0.474. The monoisotopic (exact) mass is 289 g/mol. The van der Waals surface area contributed by atoms with Crippen LogP contribution in [0.5, 0.6) is 0 Å². The van der Waals surface area contributed by atoms with Gasteiger partial charge in [0.1, 0.15) is 18.5 Å². The van der Waals surface area contributed by atoms with Gasteiger partial charge in [-0.2, -0.15) is 5.26 Å². The number of hydrogen-bond donors (Lipinski definition) is 1. The minimum absolute atomic E-state index is 0.211. The minimum atomic E-state index is -0.214. The SMILES string of the molecule is N#Cc1cccnc1NCCOC(=O)CCC1CCCO1. The number of esters is 1. The number of pyridine rings is 1. The lowest BCUT2D eigenvalue weighted by Gasteiger charge is -2.10. The molecule has 0 aliphatic carbocycles. The Bertz CT molecular complexity index is 507. The van der Waals surface area contributed by atoms with E-state index >= 15 is 0 Å². The maximum atomic E-state index is 11.6. The number of hydrogen-bond acceptors (Lipinski definition) is 6. The Morgan fingerprint density at radius 1 is 1.62 bits per heavy atom. The number of anilines is 1. The first-order chi connectivity index (χ1) is 10.3. The number of carbonyl (C=O) groups excluding carboxylic acids is 1. The van der Waals surface area contributed by atoms with Crippen molar-refractivity contribution in [3.63, 3.8) is 0 Å². The molecule has 1 fully saturated rings. The summed E-state index contributed by atoms with van der Waals surface area (Å²) in [6, 6.07) is 5.44. The average molecular weight is 289 g/mol. The van der Waals surface area contributed by atoms with E-state index in [9.17, 15) is 4.79 Å². The molecule has 6 nitrogen and oxygen atoms in total. The second-order valence-corrected chi connectivity index (χ2v) is 4.83. The number of ether oxygens (including phenoxy) is 2. The number of rotatable bonds is 7. The minimum Gasteiger partial charge on any atom is -0.464 e. The topological polar surface area (TPSA) is 84.2 Å². The molecule has 1 aromatic rings. The fourth-order valence-corrected chi connectivity index (χ4v) is 2.19. The largest absolute Gasteiger partial charge is 0.464 e.